The minimum absolute atomic E-state index is 0.00401. The highest BCUT2D eigenvalue weighted by atomic mass is 19.4. The number of hydrogen-bond acceptors (Lipinski definition) is 4. The molecule has 23 heavy (non-hydrogen) atoms. The Hall–Kier alpha value is -2.65. The summed E-state index contributed by atoms with van der Waals surface area (Å²) < 4.78 is 38.8. The smallest absolute Gasteiger partial charge is 0.361 e. The van der Waals surface area contributed by atoms with Crippen LogP contribution >= 0.6 is 0 Å². The molecule has 0 bridgehead atoms. The molecule has 1 saturated heterocycles. The molecule has 2 heterocycles. The van der Waals surface area contributed by atoms with Crippen LogP contribution in [0.25, 0.3) is 0 Å². The van der Waals surface area contributed by atoms with Gasteiger partial charge >= 0.3 is 18.0 Å². The topological polar surface area (TPSA) is 96.6 Å². The Labute approximate surface area is 128 Å². The molecule has 0 saturated carbocycles. The fraction of sp³-hybridized carbons (Fsp3) is 0.385. The Morgan fingerprint density at radius 2 is 1.65 bits per heavy atom. The van der Waals surface area contributed by atoms with E-state index in [9.17, 15) is 27.6 Å². The summed E-state index contributed by atoms with van der Waals surface area (Å²) in [6, 6.07) is 0.736. The Morgan fingerprint density at radius 3 is 2.17 bits per heavy atom. The molecule has 10 heteroatoms. The van der Waals surface area contributed by atoms with Crippen LogP contribution in [0.2, 0.25) is 0 Å². The van der Waals surface area contributed by atoms with Gasteiger partial charge in [0.25, 0.3) is 5.91 Å². The number of nitrogens with zero attached hydrogens (tertiary/aromatic N) is 3. The summed E-state index contributed by atoms with van der Waals surface area (Å²) in [5, 5.41) is 0. The minimum atomic E-state index is -4.67. The molecule has 2 N–H and O–H groups in total. The van der Waals surface area contributed by atoms with Crippen molar-refractivity contribution >= 4 is 17.7 Å². The van der Waals surface area contributed by atoms with E-state index in [0.29, 0.717) is 0 Å². The van der Waals surface area contributed by atoms with Crippen LogP contribution in [0.15, 0.2) is 18.5 Å². The van der Waals surface area contributed by atoms with E-state index in [1.54, 1.807) is 0 Å². The summed E-state index contributed by atoms with van der Waals surface area (Å²) in [5.74, 6) is -2.82. The van der Waals surface area contributed by atoms with Crippen LogP contribution in [0.4, 0.5) is 13.2 Å². The van der Waals surface area contributed by atoms with Gasteiger partial charge in [-0.2, -0.15) is 13.2 Å². The molecule has 0 atom stereocenters. The van der Waals surface area contributed by atoms with Gasteiger partial charge in [0.15, 0.2) is 0 Å². The molecule has 1 aromatic rings. The highest BCUT2D eigenvalue weighted by molar-refractivity contribution is 6.34. The predicted octanol–water partition coefficient (Wildman–Crippen LogP) is -0.130. The number of carbonyl (C=O) groups is 3. The Balaban J connectivity index is 2.12. The second-order valence-electron chi connectivity index (χ2n) is 4.87. The molecule has 1 aliphatic heterocycles. The number of halogens is 3. The van der Waals surface area contributed by atoms with Crippen LogP contribution in [-0.4, -0.2) is 58.7 Å². The number of amides is 3. The summed E-state index contributed by atoms with van der Waals surface area (Å²) in [7, 11) is 0. The molecule has 0 radical (unpaired) electrons. The predicted molar refractivity (Wildman–Crippen MR) is 70.9 cm³/mol. The van der Waals surface area contributed by atoms with E-state index >= 15 is 0 Å². The van der Waals surface area contributed by atoms with E-state index in [-0.39, 0.29) is 26.2 Å². The van der Waals surface area contributed by atoms with Crippen molar-refractivity contribution in [2.24, 2.45) is 5.73 Å². The zero-order valence-electron chi connectivity index (χ0n) is 11.8. The van der Waals surface area contributed by atoms with Crippen LogP contribution in [0.5, 0.6) is 0 Å². The van der Waals surface area contributed by atoms with Gasteiger partial charge in [-0.05, 0) is 6.07 Å². The van der Waals surface area contributed by atoms with Gasteiger partial charge in [-0.25, -0.2) is 0 Å². The van der Waals surface area contributed by atoms with Gasteiger partial charge in [-0.15, -0.1) is 0 Å². The molecule has 3 amide bonds. The summed E-state index contributed by atoms with van der Waals surface area (Å²) in [6.07, 6.45) is -2.84. The number of alkyl halides is 3. The Kier molecular flexibility index (Phi) is 4.52. The molecule has 7 nitrogen and oxygen atoms in total. The maximum absolute atomic E-state index is 12.9. The van der Waals surface area contributed by atoms with Gasteiger partial charge in [0, 0.05) is 38.6 Å². The largest absolute Gasteiger partial charge is 0.417 e. The summed E-state index contributed by atoms with van der Waals surface area (Å²) >= 11 is 0. The van der Waals surface area contributed by atoms with Crippen LogP contribution in [0.1, 0.15) is 15.9 Å². The van der Waals surface area contributed by atoms with Crippen molar-refractivity contribution in [1.82, 2.24) is 14.8 Å². The molecule has 0 aromatic carbocycles. The third kappa shape index (κ3) is 3.58. The van der Waals surface area contributed by atoms with Gasteiger partial charge in [-0.1, -0.05) is 0 Å². The lowest BCUT2D eigenvalue weighted by Gasteiger charge is -2.34. The molecule has 1 aliphatic rings. The average molecular weight is 330 g/mol. The first-order chi connectivity index (χ1) is 10.7. The van der Waals surface area contributed by atoms with E-state index in [4.69, 9.17) is 5.73 Å². The Morgan fingerprint density at radius 1 is 1.09 bits per heavy atom. The van der Waals surface area contributed by atoms with Crippen LogP contribution in [0.3, 0.4) is 0 Å². The van der Waals surface area contributed by atoms with Crippen molar-refractivity contribution in [3.8, 4) is 0 Å². The van der Waals surface area contributed by atoms with Crippen molar-refractivity contribution < 1.29 is 27.6 Å². The zero-order chi connectivity index (χ0) is 17.2. The van der Waals surface area contributed by atoms with E-state index in [1.165, 1.54) is 4.90 Å². The number of nitrogens with two attached hydrogens (primary N) is 1. The number of carbonyl (C=O) groups excluding carboxylic acids is 3. The molecule has 1 aromatic heterocycles. The molecule has 0 unspecified atom stereocenters. The molecular formula is C13H13F3N4O3. The quantitative estimate of drug-likeness (QED) is 0.726. The van der Waals surface area contributed by atoms with Gasteiger partial charge in [0.1, 0.15) is 0 Å². The first-order valence-corrected chi connectivity index (χ1v) is 6.61. The minimum Gasteiger partial charge on any atom is -0.361 e. The number of piperazine rings is 1. The highest BCUT2D eigenvalue weighted by Crippen LogP contribution is 2.32. The monoisotopic (exact) mass is 330 g/mol. The lowest BCUT2D eigenvalue weighted by atomic mass is 10.1. The van der Waals surface area contributed by atoms with Crippen LogP contribution in [-0.2, 0) is 15.8 Å². The fourth-order valence-electron chi connectivity index (χ4n) is 2.25. The maximum Gasteiger partial charge on any atom is 0.417 e. The molecule has 124 valence electrons. The summed E-state index contributed by atoms with van der Waals surface area (Å²) in [5.41, 5.74) is 3.27. The van der Waals surface area contributed by atoms with Crippen molar-refractivity contribution in [2.45, 2.75) is 6.18 Å². The number of primary amides is 1. The standard InChI is InChI=1S/C13H13F3N4O3/c14-13(15,16)9-1-2-18-7-8(9)11(22)19-3-5-20(6-4-19)12(23)10(17)21/h1-2,7H,3-6H2,(H2,17,21). The van der Waals surface area contributed by atoms with E-state index < -0.39 is 35.0 Å². The van der Waals surface area contributed by atoms with Gasteiger partial charge < -0.3 is 15.5 Å². The Bertz CT molecular complexity index is 640. The summed E-state index contributed by atoms with van der Waals surface area (Å²) in [6.45, 7) is 0.0539. The number of hydrogen-bond donors (Lipinski definition) is 1. The molecule has 0 aliphatic carbocycles. The van der Waals surface area contributed by atoms with E-state index in [1.807, 2.05) is 0 Å². The molecular weight excluding hydrogens is 317 g/mol. The summed E-state index contributed by atoms with van der Waals surface area (Å²) in [4.78, 5) is 40.4. The van der Waals surface area contributed by atoms with E-state index in [2.05, 4.69) is 4.98 Å². The second kappa shape index (κ2) is 6.23. The third-order valence-electron chi connectivity index (χ3n) is 3.42. The highest BCUT2D eigenvalue weighted by Gasteiger charge is 2.37. The van der Waals surface area contributed by atoms with Crippen molar-refractivity contribution in [3.63, 3.8) is 0 Å². The molecule has 1 fully saturated rings. The number of rotatable bonds is 1. The SMILES string of the molecule is NC(=O)C(=O)N1CCN(C(=O)c2cnccc2C(F)(F)F)CC1. The maximum atomic E-state index is 12.9. The fourth-order valence-corrected chi connectivity index (χ4v) is 2.25. The number of pyridine rings is 1. The zero-order valence-corrected chi connectivity index (χ0v) is 11.8. The van der Waals surface area contributed by atoms with Gasteiger partial charge in [0.2, 0.25) is 0 Å². The second-order valence-corrected chi connectivity index (χ2v) is 4.87. The third-order valence-corrected chi connectivity index (χ3v) is 3.42. The molecule has 2 rings (SSSR count). The van der Waals surface area contributed by atoms with E-state index in [0.717, 1.165) is 23.4 Å². The van der Waals surface area contributed by atoms with Gasteiger partial charge in [-0.3, -0.25) is 19.4 Å². The first kappa shape index (κ1) is 16.7. The van der Waals surface area contributed by atoms with Crippen LogP contribution in [0, 0.1) is 0 Å². The first-order valence-electron chi connectivity index (χ1n) is 6.61. The van der Waals surface area contributed by atoms with Crippen molar-refractivity contribution in [3.05, 3.63) is 29.6 Å². The lowest BCUT2D eigenvalue weighted by molar-refractivity contribution is -0.145. The number of aromatic nitrogens is 1. The van der Waals surface area contributed by atoms with Crippen LogP contribution < -0.4 is 5.73 Å². The van der Waals surface area contributed by atoms with Crippen molar-refractivity contribution in [1.29, 1.82) is 0 Å². The van der Waals surface area contributed by atoms with Crippen molar-refractivity contribution in [2.75, 3.05) is 26.2 Å². The van der Waals surface area contributed by atoms with Gasteiger partial charge in [0.05, 0.1) is 11.1 Å². The molecule has 0 spiro atoms. The average Bonchev–Trinajstić information content (AvgIpc) is 2.52. The normalized spacial score (nSPS) is 15.4. The lowest BCUT2D eigenvalue weighted by Crippen LogP contribution is -2.53.